The molecule has 1 N–H and O–H groups in total. The van der Waals surface area contributed by atoms with Crippen LogP contribution in [0.25, 0.3) is 5.69 Å². The molecule has 0 aliphatic heterocycles. The highest BCUT2D eigenvalue weighted by Crippen LogP contribution is 2.22. The molecule has 0 unspecified atom stereocenters. The minimum absolute atomic E-state index is 0.141. The molecular formula is C21H19IN4O3. The standard InChI is InChI=1S/C21H19IN4O3/c1-13-9-18(7-8-20(13)22)25-14(2)10-17(15(25)3)12-23-24-21(27)16-5-4-6-19(11-16)26(28)29/h4-12H,1-3H3,(H,24,27)/b23-12-. The number of nitro groups is 1. The molecule has 0 aliphatic rings. The Labute approximate surface area is 181 Å². The average Bonchev–Trinajstić information content (AvgIpc) is 2.97. The van der Waals surface area contributed by atoms with Gasteiger partial charge in [0.1, 0.15) is 0 Å². The van der Waals surface area contributed by atoms with E-state index in [1.165, 1.54) is 33.4 Å². The fourth-order valence-electron chi connectivity index (χ4n) is 3.07. The average molecular weight is 502 g/mol. The van der Waals surface area contributed by atoms with Crippen molar-refractivity contribution in [2.24, 2.45) is 5.10 Å². The minimum atomic E-state index is -0.540. The topological polar surface area (TPSA) is 89.5 Å². The van der Waals surface area contributed by atoms with Gasteiger partial charge in [-0.2, -0.15) is 5.10 Å². The highest BCUT2D eigenvalue weighted by atomic mass is 127. The predicted octanol–water partition coefficient (Wildman–Crippen LogP) is 4.68. The van der Waals surface area contributed by atoms with Gasteiger partial charge in [-0.1, -0.05) is 6.07 Å². The summed E-state index contributed by atoms with van der Waals surface area (Å²) in [4.78, 5) is 22.5. The number of carbonyl (C=O) groups is 1. The molecule has 0 radical (unpaired) electrons. The number of nitro benzene ring substituents is 1. The Morgan fingerprint density at radius 3 is 2.62 bits per heavy atom. The Hall–Kier alpha value is -3.01. The van der Waals surface area contributed by atoms with Crippen molar-refractivity contribution in [1.82, 2.24) is 9.99 Å². The molecule has 0 atom stereocenters. The molecule has 0 bridgehead atoms. The second-order valence-corrected chi connectivity index (χ2v) is 7.76. The first-order valence-corrected chi connectivity index (χ1v) is 9.89. The van der Waals surface area contributed by atoms with E-state index >= 15 is 0 Å². The number of benzene rings is 2. The van der Waals surface area contributed by atoms with Crippen molar-refractivity contribution in [3.63, 3.8) is 0 Å². The van der Waals surface area contributed by atoms with E-state index in [2.05, 4.69) is 62.8 Å². The van der Waals surface area contributed by atoms with Crippen LogP contribution in [0.4, 0.5) is 5.69 Å². The zero-order valence-corrected chi connectivity index (χ0v) is 18.3. The van der Waals surface area contributed by atoms with Gasteiger partial charge in [0.2, 0.25) is 0 Å². The van der Waals surface area contributed by atoms with Crippen LogP contribution in [0.3, 0.4) is 0 Å². The van der Waals surface area contributed by atoms with E-state index < -0.39 is 10.8 Å². The minimum Gasteiger partial charge on any atom is -0.318 e. The Balaban J connectivity index is 1.79. The first-order valence-electron chi connectivity index (χ1n) is 8.81. The van der Waals surface area contributed by atoms with Crippen molar-refractivity contribution < 1.29 is 9.72 Å². The summed E-state index contributed by atoms with van der Waals surface area (Å²) in [7, 11) is 0. The van der Waals surface area contributed by atoms with Crippen LogP contribution < -0.4 is 5.43 Å². The van der Waals surface area contributed by atoms with E-state index in [-0.39, 0.29) is 11.3 Å². The number of amides is 1. The quantitative estimate of drug-likeness (QED) is 0.238. The van der Waals surface area contributed by atoms with Gasteiger partial charge in [-0.15, -0.1) is 0 Å². The number of hydrogen-bond donors (Lipinski definition) is 1. The Bertz CT molecular complexity index is 1130. The third kappa shape index (κ3) is 4.53. The lowest BCUT2D eigenvalue weighted by Gasteiger charge is -2.11. The number of rotatable bonds is 5. The largest absolute Gasteiger partial charge is 0.318 e. The molecule has 2 aromatic carbocycles. The van der Waals surface area contributed by atoms with Crippen LogP contribution >= 0.6 is 22.6 Å². The second-order valence-electron chi connectivity index (χ2n) is 6.60. The third-order valence-electron chi connectivity index (χ3n) is 4.56. The maximum Gasteiger partial charge on any atom is 0.271 e. The molecule has 7 nitrogen and oxygen atoms in total. The van der Waals surface area contributed by atoms with E-state index in [1.54, 1.807) is 6.21 Å². The van der Waals surface area contributed by atoms with Gasteiger partial charge in [-0.3, -0.25) is 14.9 Å². The van der Waals surface area contributed by atoms with Crippen molar-refractivity contribution in [3.05, 3.63) is 90.3 Å². The zero-order valence-electron chi connectivity index (χ0n) is 16.1. The van der Waals surface area contributed by atoms with Gasteiger partial charge in [-0.05, 0) is 79.3 Å². The predicted molar refractivity (Wildman–Crippen MR) is 121 cm³/mol. The monoisotopic (exact) mass is 502 g/mol. The van der Waals surface area contributed by atoms with Crippen molar-refractivity contribution in [3.8, 4) is 5.69 Å². The van der Waals surface area contributed by atoms with E-state index in [0.29, 0.717) is 0 Å². The van der Waals surface area contributed by atoms with E-state index in [4.69, 9.17) is 0 Å². The molecule has 0 saturated heterocycles. The maximum absolute atomic E-state index is 12.2. The normalized spacial score (nSPS) is 11.0. The fraction of sp³-hybridized carbons (Fsp3) is 0.143. The summed E-state index contributed by atoms with van der Waals surface area (Å²) in [6.45, 7) is 6.08. The molecule has 3 rings (SSSR count). The molecule has 0 aliphatic carbocycles. The number of hydrazone groups is 1. The zero-order chi connectivity index (χ0) is 21.1. The van der Waals surface area contributed by atoms with Crippen molar-refractivity contribution in [2.45, 2.75) is 20.8 Å². The van der Waals surface area contributed by atoms with Crippen molar-refractivity contribution in [2.75, 3.05) is 0 Å². The summed E-state index contributed by atoms with van der Waals surface area (Å²) in [5.41, 5.74) is 7.65. The van der Waals surface area contributed by atoms with Crippen LogP contribution in [0, 0.1) is 34.5 Å². The molecule has 0 spiro atoms. The first-order chi connectivity index (χ1) is 13.8. The summed E-state index contributed by atoms with van der Waals surface area (Å²) in [5, 5.41) is 14.9. The van der Waals surface area contributed by atoms with E-state index in [0.717, 1.165) is 22.6 Å². The SMILES string of the molecule is Cc1cc(-n2c(C)cc(/C=N\NC(=O)c3cccc([N+](=O)[O-])c3)c2C)ccc1I. The van der Waals surface area contributed by atoms with E-state index in [1.807, 2.05) is 19.9 Å². The highest BCUT2D eigenvalue weighted by Gasteiger charge is 2.12. The number of carbonyl (C=O) groups excluding carboxylic acids is 1. The number of hydrogen-bond acceptors (Lipinski definition) is 4. The number of aromatic nitrogens is 1. The lowest BCUT2D eigenvalue weighted by molar-refractivity contribution is -0.384. The molecule has 29 heavy (non-hydrogen) atoms. The first kappa shape index (κ1) is 20.7. The molecule has 0 saturated carbocycles. The van der Waals surface area contributed by atoms with Gasteiger partial charge in [0, 0.05) is 43.9 Å². The molecule has 8 heteroatoms. The highest BCUT2D eigenvalue weighted by molar-refractivity contribution is 14.1. The Morgan fingerprint density at radius 1 is 1.17 bits per heavy atom. The van der Waals surface area contributed by atoms with Crippen LogP contribution in [-0.2, 0) is 0 Å². The van der Waals surface area contributed by atoms with Crippen LogP contribution in [0.5, 0.6) is 0 Å². The van der Waals surface area contributed by atoms with Crippen LogP contribution in [0.2, 0.25) is 0 Å². The molecule has 3 aromatic rings. The van der Waals surface area contributed by atoms with Gasteiger partial charge in [0.05, 0.1) is 11.1 Å². The van der Waals surface area contributed by atoms with E-state index in [9.17, 15) is 14.9 Å². The van der Waals surface area contributed by atoms with Crippen LogP contribution in [0.1, 0.15) is 32.9 Å². The number of aryl methyl sites for hydroxylation is 2. The molecule has 0 fully saturated rings. The van der Waals surface area contributed by atoms with Gasteiger partial charge in [-0.25, -0.2) is 5.43 Å². The number of halogens is 1. The van der Waals surface area contributed by atoms with Gasteiger partial charge < -0.3 is 4.57 Å². The van der Waals surface area contributed by atoms with Crippen molar-refractivity contribution in [1.29, 1.82) is 0 Å². The summed E-state index contributed by atoms with van der Waals surface area (Å²) < 4.78 is 3.34. The van der Waals surface area contributed by atoms with Gasteiger partial charge in [0.15, 0.2) is 0 Å². The lowest BCUT2D eigenvalue weighted by Crippen LogP contribution is -2.17. The van der Waals surface area contributed by atoms with Gasteiger partial charge >= 0.3 is 0 Å². The Morgan fingerprint density at radius 2 is 1.93 bits per heavy atom. The number of nitrogens with zero attached hydrogens (tertiary/aromatic N) is 3. The fourth-order valence-corrected chi connectivity index (χ4v) is 3.40. The van der Waals surface area contributed by atoms with Crippen LogP contribution in [-0.4, -0.2) is 21.6 Å². The number of nitrogens with one attached hydrogen (secondary N) is 1. The summed E-state index contributed by atoms with van der Waals surface area (Å²) >= 11 is 2.31. The number of non-ortho nitro benzene ring substituents is 1. The van der Waals surface area contributed by atoms with Gasteiger partial charge in [0.25, 0.3) is 11.6 Å². The van der Waals surface area contributed by atoms with Crippen LogP contribution in [0.15, 0.2) is 53.6 Å². The second kappa shape index (κ2) is 8.56. The molecule has 1 heterocycles. The Kier molecular flexibility index (Phi) is 6.12. The molecule has 1 amide bonds. The lowest BCUT2D eigenvalue weighted by atomic mass is 10.2. The summed E-state index contributed by atoms with van der Waals surface area (Å²) in [5.74, 6) is -0.507. The molecular weight excluding hydrogens is 483 g/mol. The smallest absolute Gasteiger partial charge is 0.271 e. The molecule has 1 aromatic heterocycles. The molecule has 148 valence electrons. The third-order valence-corrected chi connectivity index (χ3v) is 5.77. The summed E-state index contributed by atoms with van der Waals surface area (Å²) in [6.07, 6.45) is 1.58. The summed E-state index contributed by atoms with van der Waals surface area (Å²) in [6, 6.07) is 13.8. The maximum atomic E-state index is 12.2. The van der Waals surface area contributed by atoms with Crippen molar-refractivity contribution >= 4 is 40.4 Å².